The van der Waals surface area contributed by atoms with Crippen LogP contribution in [0.3, 0.4) is 0 Å². The van der Waals surface area contributed by atoms with E-state index in [0.717, 1.165) is 4.47 Å². The fourth-order valence-corrected chi connectivity index (χ4v) is 4.41. The lowest BCUT2D eigenvalue weighted by molar-refractivity contribution is 0.592. The molecule has 2 N–H and O–H groups in total. The first-order chi connectivity index (χ1) is 13.9. The smallest absolute Gasteiger partial charge is 0.227 e. The van der Waals surface area contributed by atoms with Crippen LogP contribution in [0.4, 0.5) is 10.1 Å². The van der Waals surface area contributed by atoms with Gasteiger partial charge >= 0.3 is 0 Å². The summed E-state index contributed by atoms with van der Waals surface area (Å²) in [5.41, 5.74) is 7.57. The molecule has 0 bridgehead atoms. The van der Waals surface area contributed by atoms with Crippen LogP contribution in [0.25, 0.3) is 16.9 Å². The number of nitrogens with two attached hydrogens (primary N) is 1. The van der Waals surface area contributed by atoms with Crippen LogP contribution in [0.15, 0.2) is 87.2 Å². The first-order valence-electron chi connectivity index (χ1n) is 8.44. The lowest BCUT2D eigenvalue weighted by atomic mass is 10.1. The Morgan fingerprint density at radius 1 is 0.897 bits per heavy atom. The fraction of sp³-hybridized carbons (Fsp3) is 0. The van der Waals surface area contributed by atoms with E-state index < -0.39 is 15.7 Å². The molecule has 1 heterocycles. The monoisotopic (exact) mass is 472 g/mol. The van der Waals surface area contributed by atoms with E-state index >= 15 is 0 Å². The molecule has 0 aliphatic rings. The summed E-state index contributed by atoms with van der Waals surface area (Å²) in [6, 6.07) is 18.5. The summed E-state index contributed by atoms with van der Waals surface area (Å²) >= 11 is 3.29. The van der Waals surface area contributed by atoms with Gasteiger partial charge in [0.25, 0.3) is 0 Å². The first kappa shape index (κ1) is 19.3. The Balaban J connectivity index is 1.96. The summed E-state index contributed by atoms with van der Waals surface area (Å²) in [5, 5.41) is 7.82. The minimum Gasteiger partial charge on any atom is -0.399 e. The number of hydrogen-bond acceptors (Lipinski definition) is 5. The van der Waals surface area contributed by atoms with Gasteiger partial charge in [-0.15, -0.1) is 5.10 Å². The van der Waals surface area contributed by atoms with E-state index in [1.807, 2.05) is 0 Å². The largest absolute Gasteiger partial charge is 0.399 e. The third-order valence-electron chi connectivity index (χ3n) is 4.27. The van der Waals surface area contributed by atoms with E-state index in [-0.39, 0.29) is 15.6 Å². The second-order valence-corrected chi connectivity index (χ2v) is 8.99. The second kappa shape index (κ2) is 7.41. The maximum Gasteiger partial charge on any atom is 0.227 e. The van der Waals surface area contributed by atoms with E-state index in [0.29, 0.717) is 16.9 Å². The highest BCUT2D eigenvalue weighted by molar-refractivity contribution is 9.10. The zero-order valence-electron chi connectivity index (χ0n) is 14.8. The molecule has 4 aromatic rings. The average molecular weight is 473 g/mol. The molecule has 3 aromatic carbocycles. The van der Waals surface area contributed by atoms with Crippen molar-refractivity contribution in [2.24, 2.45) is 0 Å². The summed E-state index contributed by atoms with van der Waals surface area (Å²) < 4.78 is 42.2. The van der Waals surface area contributed by atoms with Gasteiger partial charge in [0, 0.05) is 15.7 Å². The maximum absolute atomic E-state index is 13.5. The van der Waals surface area contributed by atoms with Crippen LogP contribution >= 0.6 is 15.9 Å². The molecule has 0 aliphatic carbocycles. The Bertz CT molecular complexity index is 1270. The van der Waals surface area contributed by atoms with Crippen LogP contribution in [0.2, 0.25) is 0 Å². The molecule has 0 radical (unpaired) electrons. The van der Waals surface area contributed by atoms with E-state index in [9.17, 15) is 12.8 Å². The van der Waals surface area contributed by atoms with Crippen molar-refractivity contribution in [1.82, 2.24) is 15.0 Å². The zero-order chi connectivity index (χ0) is 20.6. The fourth-order valence-electron chi connectivity index (χ4n) is 2.82. The minimum absolute atomic E-state index is 0.0772. The van der Waals surface area contributed by atoms with Gasteiger partial charge in [0.05, 0.1) is 10.6 Å². The molecule has 9 heteroatoms. The van der Waals surface area contributed by atoms with Crippen molar-refractivity contribution in [2.45, 2.75) is 9.92 Å². The Kier molecular flexibility index (Phi) is 4.93. The molecule has 0 atom stereocenters. The van der Waals surface area contributed by atoms with Gasteiger partial charge in [-0.1, -0.05) is 21.1 Å². The van der Waals surface area contributed by atoms with Crippen molar-refractivity contribution in [3.8, 4) is 16.9 Å². The first-order valence-corrected chi connectivity index (χ1v) is 10.7. The Morgan fingerprint density at radius 3 is 2.14 bits per heavy atom. The van der Waals surface area contributed by atoms with Crippen LogP contribution in [0.5, 0.6) is 0 Å². The molecule has 1 aromatic heterocycles. The third-order valence-corrected chi connectivity index (χ3v) is 6.48. The normalized spacial score (nSPS) is 11.5. The minimum atomic E-state index is -3.97. The highest BCUT2D eigenvalue weighted by atomic mass is 79.9. The van der Waals surface area contributed by atoms with Crippen LogP contribution in [-0.4, -0.2) is 23.4 Å². The number of hydrogen-bond donors (Lipinski definition) is 1. The SMILES string of the molecule is Nc1ccc(-n2nnc(S(=O)(=O)c3ccc(Br)cc3)c2-c2ccc(F)cc2)cc1. The third kappa shape index (κ3) is 3.66. The molecule has 0 spiro atoms. The summed E-state index contributed by atoms with van der Waals surface area (Å²) in [6.45, 7) is 0. The zero-order valence-corrected chi connectivity index (χ0v) is 17.2. The molecular formula is C20H14BrFN4O2S. The molecule has 29 heavy (non-hydrogen) atoms. The van der Waals surface area contributed by atoms with Gasteiger partial charge in [0.1, 0.15) is 11.5 Å². The lowest BCUT2D eigenvalue weighted by Gasteiger charge is -2.09. The number of nitrogens with zero attached hydrogens (tertiary/aromatic N) is 3. The number of halogens is 2. The molecule has 0 fully saturated rings. The molecular weight excluding hydrogens is 459 g/mol. The van der Waals surface area contributed by atoms with Gasteiger partial charge in [0.15, 0.2) is 0 Å². The number of benzene rings is 3. The van der Waals surface area contributed by atoms with Crippen LogP contribution in [-0.2, 0) is 9.84 Å². The van der Waals surface area contributed by atoms with E-state index in [4.69, 9.17) is 5.73 Å². The standard InChI is InChI=1S/C20H14BrFN4O2S/c21-14-3-11-18(12-4-14)29(27,28)20-19(13-1-5-15(22)6-2-13)26(25-24-20)17-9-7-16(23)8-10-17/h1-12H,23H2. The lowest BCUT2D eigenvalue weighted by Crippen LogP contribution is -2.06. The number of aromatic nitrogens is 3. The predicted octanol–water partition coefficient (Wildman–Crippen LogP) is 4.25. The Hall–Kier alpha value is -3.04. The molecule has 6 nitrogen and oxygen atoms in total. The maximum atomic E-state index is 13.5. The van der Waals surface area contributed by atoms with Crippen molar-refractivity contribution in [3.05, 3.63) is 83.1 Å². The Labute approximate surface area is 174 Å². The predicted molar refractivity (Wildman–Crippen MR) is 111 cm³/mol. The molecule has 0 amide bonds. The number of rotatable bonds is 4. The molecule has 0 aliphatic heterocycles. The average Bonchev–Trinajstić information content (AvgIpc) is 3.15. The van der Waals surface area contributed by atoms with Gasteiger partial charge < -0.3 is 5.73 Å². The summed E-state index contributed by atoms with van der Waals surface area (Å²) in [4.78, 5) is 0.0772. The van der Waals surface area contributed by atoms with Crippen molar-refractivity contribution >= 4 is 31.5 Å². The van der Waals surface area contributed by atoms with Crippen molar-refractivity contribution in [1.29, 1.82) is 0 Å². The van der Waals surface area contributed by atoms with Gasteiger partial charge in [-0.25, -0.2) is 17.5 Å². The molecule has 0 unspecified atom stereocenters. The Morgan fingerprint density at radius 2 is 1.52 bits per heavy atom. The number of sulfone groups is 1. The quantitative estimate of drug-likeness (QED) is 0.448. The van der Waals surface area contributed by atoms with Crippen molar-refractivity contribution in [2.75, 3.05) is 5.73 Å². The summed E-state index contributed by atoms with van der Waals surface area (Å²) in [5.74, 6) is -0.433. The van der Waals surface area contributed by atoms with Crippen LogP contribution in [0.1, 0.15) is 0 Å². The molecule has 0 saturated carbocycles. The number of nitrogen functional groups attached to an aromatic ring is 1. The molecule has 146 valence electrons. The molecule has 0 saturated heterocycles. The van der Waals surface area contributed by atoms with Crippen molar-refractivity contribution in [3.63, 3.8) is 0 Å². The van der Waals surface area contributed by atoms with Gasteiger partial charge in [-0.2, -0.15) is 0 Å². The van der Waals surface area contributed by atoms with Gasteiger partial charge in [0.2, 0.25) is 14.9 Å². The summed E-state index contributed by atoms with van der Waals surface area (Å²) in [7, 11) is -3.97. The summed E-state index contributed by atoms with van der Waals surface area (Å²) in [6.07, 6.45) is 0. The van der Waals surface area contributed by atoms with Crippen LogP contribution < -0.4 is 5.73 Å². The van der Waals surface area contributed by atoms with Crippen LogP contribution in [0, 0.1) is 5.82 Å². The highest BCUT2D eigenvalue weighted by Crippen LogP contribution is 2.32. The van der Waals surface area contributed by atoms with E-state index in [1.165, 1.54) is 41.1 Å². The topological polar surface area (TPSA) is 90.9 Å². The second-order valence-electron chi connectivity index (χ2n) is 6.21. The van der Waals surface area contributed by atoms with Crippen molar-refractivity contribution < 1.29 is 12.8 Å². The van der Waals surface area contributed by atoms with Gasteiger partial charge in [-0.05, 0) is 72.8 Å². The van der Waals surface area contributed by atoms with E-state index in [1.54, 1.807) is 36.4 Å². The number of anilines is 1. The van der Waals surface area contributed by atoms with E-state index in [2.05, 4.69) is 26.2 Å². The van der Waals surface area contributed by atoms with Gasteiger partial charge in [-0.3, -0.25) is 0 Å². The molecule has 4 rings (SSSR count). The highest BCUT2D eigenvalue weighted by Gasteiger charge is 2.29.